The number of anilines is 1. The van der Waals surface area contributed by atoms with Gasteiger partial charge in [-0.25, -0.2) is 4.90 Å². The Bertz CT molecular complexity index is 1270. The van der Waals surface area contributed by atoms with Gasteiger partial charge in [-0.05, 0) is 55.3 Å². The van der Waals surface area contributed by atoms with Crippen molar-refractivity contribution in [1.29, 1.82) is 0 Å². The molecule has 1 aromatic heterocycles. The number of rotatable bonds is 2. The summed E-state index contributed by atoms with van der Waals surface area (Å²) in [5, 5.41) is 20.0. The third kappa shape index (κ3) is 2.37. The molecule has 29 heavy (non-hydrogen) atoms. The largest absolute Gasteiger partial charge is 0.504 e. The molecule has 7 heteroatoms. The number of amides is 2. The Balaban J connectivity index is 1.72. The highest BCUT2D eigenvalue weighted by molar-refractivity contribution is 6.35. The van der Waals surface area contributed by atoms with Gasteiger partial charge in [0.15, 0.2) is 5.75 Å². The molecule has 0 unspecified atom stereocenters. The maximum Gasteiger partial charge on any atom is 0.266 e. The number of benzene rings is 3. The van der Waals surface area contributed by atoms with E-state index in [9.17, 15) is 14.7 Å². The maximum absolute atomic E-state index is 12.9. The number of fused-ring (bicyclic) bond motifs is 2. The molecule has 0 fully saturated rings. The summed E-state index contributed by atoms with van der Waals surface area (Å²) in [7, 11) is 0. The van der Waals surface area contributed by atoms with Crippen molar-refractivity contribution in [2.45, 2.75) is 13.8 Å². The normalized spacial score (nSPS) is 13.4. The fourth-order valence-corrected chi connectivity index (χ4v) is 3.65. The number of phenols is 1. The van der Waals surface area contributed by atoms with Gasteiger partial charge in [0.25, 0.3) is 11.8 Å². The predicted molar refractivity (Wildman–Crippen MR) is 108 cm³/mol. The molecule has 0 saturated heterocycles. The number of carbonyl (C=O) groups is 2. The minimum atomic E-state index is -0.464. The van der Waals surface area contributed by atoms with Crippen LogP contribution in [0.1, 0.15) is 31.8 Å². The minimum absolute atomic E-state index is 0.121. The van der Waals surface area contributed by atoms with E-state index in [0.29, 0.717) is 27.8 Å². The van der Waals surface area contributed by atoms with Crippen molar-refractivity contribution >= 4 is 28.5 Å². The number of phenolic OH excluding ortho intramolecular Hbond substituents is 1. The molecule has 2 heterocycles. The summed E-state index contributed by atoms with van der Waals surface area (Å²) in [5.74, 6) is -1.15. The number of imide groups is 1. The van der Waals surface area contributed by atoms with Gasteiger partial charge in [-0.1, -0.05) is 24.3 Å². The molecule has 0 bridgehead atoms. The zero-order valence-corrected chi connectivity index (χ0v) is 15.7. The number of aromatic hydroxyl groups is 1. The number of carbonyl (C=O) groups excluding carboxylic acids is 2. The van der Waals surface area contributed by atoms with Gasteiger partial charge in [0, 0.05) is 0 Å². The topological polar surface area (TPSA) is 88.3 Å². The molecule has 0 aliphatic carbocycles. The minimum Gasteiger partial charge on any atom is -0.504 e. The summed E-state index contributed by atoms with van der Waals surface area (Å²) in [6, 6.07) is 15.6. The highest BCUT2D eigenvalue weighted by Gasteiger charge is 2.38. The van der Waals surface area contributed by atoms with Gasteiger partial charge < -0.3 is 5.11 Å². The van der Waals surface area contributed by atoms with Crippen LogP contribution in [-0.2, 0) is 0 Å². The summed E-state index contributed by atoms with van der Waals surface area (Å²) in [5.41, 5.74) is 4.00. The molecule has 5 rings (SSSR count). The van der Waals surface area contributed by atoms with Crippen molar-refractivity contribution in [2.75, 3.05) is 4.90 Å². The number of aromatic nitrogens is 3. The summed E-state index contributed by atoms with van der Waals surface area (Å²) < 4.78 is 0. The lowest BCUT2D eigenvalue weighted by atomic mass is 10.0. The zero-order valence-electron chi connectivity index (χ0n) is 15.7. The molecule has 0 atom stereocenters. The van der Waals surface area contributed by atoms with Crippen molar-refractivity contribution in [2.24, 2.45) is 0 Å². The fourth-order valence-electron chi connectivity index (χ4n) is 3.65. The highest BCUT2D eigenvalue weighted by atomic mass is 16.3. The van der Waals surface area contributed by atoms with Gasteiger partial charge in [0.2, 0.25) is 0 Å². The van der Waals surface area contributed by atoms with Gasteiger partial charge in [-0.2, -0.15) is 0 Å². The number of hydrogen-bond donors (Lipinski definition) is 1. The van der Waals surface area contributed by atoms with E-state index in [1.54, 1.807) is 30.3 Å². The summed E-state index contributed by atoms with van der Waals surface area (Å²) in [6.07, 6.45) is 0. The lowest BCUT2D eigenvalue weighted by molar-refractivity contribution is 0.0925. The van der Waals surface area contributed by atoms with E-state index in [4.69, 9.17) is 0 Å². The molecular weight excluding hydrogens is 368 g/mol. The van der Waals surface area contributed by atoms with Crippen molar-refractivity contribution in [1.82, 2.24) is 15.0 Å². The Morgan fingerprint density at radius 1 is 0.828 bits per heavy atom. The Morgan fingerprint density at radius 3 is 1.90 bits per heavy atom. The SMILES string of the molecule is Cc1cc(N2C(=O)c3ccccc3C2=O)c(O)c(-n2nc3ccccc3n2)c1C. The van der Waals surface area contributed by atoms with Gasteiger partial charge in [-0.3, -0.25) is 9.59 Å². The van der Waals surface area contributed by atoms with Crippen LogP contribution in [0.2, 0.25) is 0 Å². The van der Waals surface area contributed by atoms with E-state index >= 15 is 0 Å². The zero-order chi connectivity index (χ0) is 20.3. The third-order valence-corrected chi connectivity index (χ3v) is 5.29. The third-order valence-electron chi connectivity index (χ3n) is 5.29. The van der Waals surface area contributed by atoms with Crippen LogP contribution in [0.4, 0.5) is 5.69 Å². The van der Waals surface area contributed by atoms with Gasteiger partial charge in [0.1, 0.15) is 16.7 Å². The second-order valence-electron chi connectivity index (χ2n) is 7.00. The van der Waals surface area contributed by atoms with Crippen molar-refractivity contribution in [3.05, 3.63) is 76.9 Å². The molecule has 1 aliphatic heterocycles. The van der Waals surface area contributed by atoms with Crippen LogP contribution >= 0.6 is 0 Å². The first-order valence-electron chi connectivity index (χ1n) is 9.11. The van der Waals surface area contributed by atoms with Crippen LogP contribution in [0.5, 0.6) is 5.75 Å². The molecule has 142 valence electrons. The smallest absolute Gasteiger partial charge is 0.266 e. The lowest BCUT2D eigenvalue weighted by Gasteiger charge is -2.20. The van der Waals surface area contributed by atoms with E-state index in [1.807, 2.05) is 38.1 Å². The van der Waals surface area contributed by atoms with Crippen molar-refractivity contribution < 1.29 is 14.7 Å². The standard InChI is InChI=1S/C22H16N4O3/c1-12-11-18(25-21(28)14-7-3-4-8-15(14)22(25)29)20(27)19(13(12)2)26-23-16-9-5-6-10-17(16)24-26/h3-11,27H,1-2H3. The second kappa shape index (κ2) is 6.00. The molecule has 4 aromatic rings. The maximum atomic E-state index is 12.9. The molecule has 7 nitrogen and oxygen atoms in total. The molecular formula is C22H16N4O3. The first-order valence-corrected chi connectivity index (χ1v) is 9.11. The van der Waals surface area contributed by atoms with Crippen LogP contribution in [0.25, 0.3) is 16.7 Å². The fraction of sp³-hybridized carbons (Fsp3) is 0.0909. The van der Waals surface area contributed by atoms with E-state index in [1.165, 1.54) is 4.80 Å². The Labute approximate surface area is 165 Å². The molecule has 3 aromatic carbocycles. The number of hydrogen-bond acceptors (Lipinski definition) is 5. The molecule has 1 N–H and O–H groups in total. The average molecular weight is 384 g/mol. The van der Waals surface area contributed by atoms with Gasteiger partial charge in [0.05, 0.1) is 16.8 Å². The number of aryl methyl sites for hydroxylation is 1. The summed E-state index contributed by atoms with van der Waals surface area (Å²) in [4.78, 5) is 28.2. The monoisotopic (exact) mass is 384 g/mol. The Morgan fingerprint density at radius 2 is 1.34 bits per heavy atom. The van der Waals surface area contributed by atoms with Gasteiger partial charge >= 0.3 is 0 Å². The van der Waals surface area contributed by atoms with E-state index < -0.39 is 11.8 Å². The molecule has 0 spiro atoms. The van der Waals surface area contributed by atoms with Crippen LogP contribution < -0.4 is 4.90 Å². The molecule has 1 aliphatic rings. The Hall–Kier alpha value is -4.00. The van der Waals surface area contributed by atoms with E-state index in [2.05, 4.69) is 10.2 Å². The van der Waals surface area contributed by atoms with Crippen molar-refractivity contribution in [3.63, 3.8) is 0 Å². The molecule has 0 radical (unpaired) electrons. The predicted octanol–water partition coefficient (Wildman–Crippen LogP) is 3.54. The number of nitrogens with zero attached hydrogens (tertiary/aromatic N) is 4. The lowest BCUT2D eigenvalue weighted by Crippen LogP contribution is -2.30. The second-order valence-corrected chi connectivity index (χ2v) is 7.00. The quantitative estimate of drug-likeness (QED) is 0.534. The summed E-state index contributed by atoms with van der Waals surface area (Å²) in [6.45, 7) is 3.69. The molecule has 2 amide bonds. The highest BCUT2D eigenvalue weighted by Crippen LogP contribution is 2.40. The molecule has 0 saturated carbocycles. The van der Waals surface area contributed by atoms with E-state index in [0.717, 1.165) is 16.0 Å². The summed E-state index contributed by atoms with van der Waals surface area (Å²) >= 11 is 0. The van der Waals surface area contributed by atoms with Crippen LogP contribution in [-0.4, -0.2) is 31.9 Å². The Kier molecular flexibility index (Phi) is 3.54. The first-order chi connectivity index (χ1) is 14.0. The van der Waals surface area contributed by atoms with Crippen LogP contribution in [0.15, 0.2) is 54.6 Å². The average Bonchev–Trinajstić information content (AvgIpc) is 3.25. The van der Waals surface area contributed by atoms with Gasteiger partial charge in [-0.15, -0.1) is 15.0 Å². The van der Waals surface area contributed by atoms with Crippen molar-refractivity contribution in [3.8, 4) is 11.4 Å². The van der Waals surface area contributed by atoms with Crippen LogP contribution in [0.3, 0.4) is 0 Å². The van der Waals surface area contributed by atoms with E-state index in [-0.39, 0.29) is 11.4 Å². The first kappa shape index (κ1) is 17.1. The van der Waals surface area contributed by atoms with Crippen LogP contribution in [0, 0.1) is 13.8 Å².